The molecule has 2 rings (SSSR count). The highest BCUT2D eigenvalue weighted by molar-refractivity contribution is 5.71. The van der Waals surface area contributed by atoms with Crippen LogP contribution < -0.4 is 5.32 Å². The van der Waals surface area contributed by atoms with Crippen molar-refractivity contribution in [2.75, 3.05) is 13.7 Å². The molecule has 4 nitrogen and oxygen atoms in total. The summed E-state index contributed by atoms with van der Waals surface area (Å²) in [5, 5.41) is 12.1. The van der Waals surface area contributed by atoms with Gasteiger partial charge in [0.2, 0.25) is 0 Å². The Morgan fingerprint density at radius 1 is 1.43 bits per heavy atom. The van der Waals surface area contributed by atoms with E-state index in [9.17, 15) is 23.1 Å². The Morgan fingerprint density at radius 3 is 2.52 bits per heavy atom. The number of carbonyl (C=O) groups excluding carboxylic acids is 1. The second-order valence-corrected chi connectivity index (χ2v) is 5.21. The number of methoxy groups -OCH3 is 1. The van der Waals surface area contributed by atoms with Gasteiger partial charge in [0.15, 0.2) is 0 Å². The summed E-state index contributed by atoms with van der Waals surface area (Å²) in [5.74, 6) is -2.09. The maximum Gasteiger partial charge on any atom is 0.393 e. The lowest BCUT2D eigenvalue weighted by molar-refractivity contribution is -0.170. The van der Waals surface area contributed by atoms with E-state index in [2.05, 4.69) is 10.1 Å². The summed E-state index contributed by atoms with van der Waals surface area (Å²) in [4.78, 5) is 11.6. The van der Waals surface area contributed by atoms with Crippen LogP contribution in [0.25, 0.3) is 0 Å². The average molecular weight is 303 g/mol. The maximum absolute atomic E-state index is 12.9. The Labute approximate surface area is 119 Å². The van der Waals surface area contributed by atoms with E-state index in [1.165, 1.54) is 31.4 Å². The molecule has 116 valence electrons. The van der Waals surface area contributed by atoms with Crippen molar-refractivity contribution in [2.45, 2.75) is 24.6 Å². The standard InChI is InChI=1S/C14H16F3NO3/c1-21-12(20)7-13(9-2-4-11(19)5-3-9)6-10(8-18-13)14(15,16)17/h2-5,10,18-19H,6-8H2,1H3/t10-,13-/m0/s1. The maximum atomic E-state index is 12.9. The third-order valence-corrected chi connectivity index (χ3v) is 3.84. The van der Waals surface area contributed by atoms with Gasteiger partial charge in [-0.3, -0.25) is 4.79 Å². The first-order valence-corrected chi connectivity index (χ1v) is 6.45. The van der Waals surface area contributed by atoms with Crippen LogP contribution >= 0.6 is 0 Å². The minimum Gasteiger partial charge on any atom is -0.508 e. The van der Waals surface area contributed by atoms with E-state index in [4.69, 9.17) is 0 Å². The summed E-state index contributed by atoms with van der Waals surface area (Å²) < 4.78 is 43.3. The van der Waals surface area contributed by atoms with Crippen LogP contribution in [-0.2, 0) is 15.1 Å². The molecular formula is C14H16F3NO3. The number of carbonyl (C=O) groups is 1. The molecule has 1 saturated heterocycles. The van der Waals surface area contributed by atoms with Crippen LogP contribution in [0.2, 0.25) is 0 Å². The molecule has 0 amide bonds. The predicted octanol–water partition coefficient (Wildman–Crippen LogP) is 2.32. The number of alkyl halides is 3. The molecule has 1 heterocycles. The van der Waals surface area contributed by atoms with Crippen molar-refractivity contribution < 1.29 is 27.8 Å². The van der Waals surface area contributed by atoms with Crippen molar-refractivity contribution in [3.8, 4) is 5.75 Å². The first kappa shape index (κ1) is 15.6. The molecule has 2 atom stereocenters. The molecule has 0 unspecified atom stereocenters. The zero-order valence-corrected chi connectivity index (χ0v) is 11.4. The van der Waals surface area contributed by atoms with Gasteiger partial charge in [-0.1, -0.05) is 12.1 Å². The minimum atomic E-state index is -4.32. The van der Waals surface area contributed by atoms with E-state index in [1.54, 1.807) is 0 Å². The summed E-state index contributed by atoms with van der Waals surface area (Å²) in [5.41, 5.74) is -0.599. The van der Waals surface area contributed by atoms with E-state index in [0.29, 0.717) is 5.56 Å². The fraction of sp³-hybridized carbons (Fsp3) is 0.500. The van der Waals surface area contributed by atoms with Crippen molar-refractivity contribution >= 4 is 5.97 Å². The first-order valence-electron chi connectivity index (χ1n) is 6.45. The van der Waals surface area contributed by atoms with Crippen LogP contribution in [0.3, 0.4) is 0 Å². The number of aromatic hydroxyl groups is 1. The van der Waals surface area contributed by atoms with Crippen molar-refractivity contribution in [1.29, 1.82) is 0 Å². The third kappa shape index (κ3) is 3.29. The Balaban J connectivity index is 2.33. The van der Waals surface area contributed by atoms with Crippen LogP contribution in [0.1, 0.15) is 18.4 Å². The van der Waals surface area contributed by atoms with Gasteiger partial charge in [0.25, 0.3) is 0 Å². The molecule has 0 spiro atoms. The highest BCUT2D eigenvalue weighted by atomic mass is 19.4. The van der Waals surface area contributed by atoms with Crippen molar-refractivity contribution in [3.05, 3.63) is 29.8 Å². The van der Waals surface area contributed by atoms with Gasteiger partial charge in [-0.15, -0.1) is 0 Å². The second-order valence-electron chi connectivity index (χ2n) is 5.21. The zero-order valence-electron chi connectivity index (χ0n) is 11.4. The fourth-order valence-electron chi connectivity index (χ4n) is 2.67. The molecule has 0 aromatic heterocycles. The molecule has 0 radical (unpaired) electrons. The summed E-state index contributed by atoms with van der Waals surface area (Å²) in [6.07, 6.45) is -4.75. The van der Waals surface area contributed by atoms with Crippen LogP contribution in [0.5, 0.6) is 5.75 Å². The monoisotopic (exact) mass is 303 g/mol. The Bertz CT molecular complexity index is 515. The van der Waals surface area contributed by atoms with E-state index in [0.717, 1.165) is 0 Å². The second kappa shape index (κ2) is 5.55. The number of hydrogen-bond acceptors (Lipinski definition) is 4. The highest BCUT2D eigenvalue weighted by Gasteiger charge is 2.51. The molecule has 1 aliphatic rings. The summed E-state index contributed by atoms with van der Waals surface area (Å²) in [6, 6.07) is 5.81. The van der Waals surface area contributed by atoms with E-state index >= 15 is 0 Å². The normalized spacial score (nSPS) is 25.8. The summed E-state index contributed by atoms with van der Waals surface area (Å²) in [7, 11) is 1.20. The van der Waals surface area contributed by atoms with Gasteiger partial charge in [0.05, 0.1) is 25.0 Å². The summed E-state index contributed by atoms with van der Waals surface area (Å²) in [6.45, 7) is -0.249. The van der Waals surface area contributed by atoms with Gasteiger partial charge in [-0.05, 0) is 24.1 Å². The molecule has 1 aromatic rings. The van der Waals surface area contributed by atoms with Crippen molar-refractivity contribution in [3.63, 3.8) is 0 Å². The van der Waals surface area contributed by atoms with Crippen molar-refractivity contribution in [2.24, 2.45) is 5.92 Å². The molecule has 1 aliphatic heterocycles. The van der Waals surface area contributed by atoms with Crippen LogP contribution in [0.15, 0.2) is 24.3 Å². The summed E-state index contributed by atoms with van der Waals surface area (Å²) >= 11 is 0. The highest BCUT2D eigenvalue weighted by Crippen LogP contribution is 2.43. The number of rotatable bonds is 3. The topological polar surface area (TPSA) is 58.6 Å². The SMILES string of the molecule is COC(=O)C[C@]1(c2ccc(O)cc2)C[C@H](C(F)(F)F)CN1. The largest absolute Gasteiger partial charge is 0.508 e. The van der Waals surface area contributed by atoms with E-state index in [1.807, 2.05) is 0 Å². The Kier molecular flexibility index (Phi) is 4.13. The number of ether oxygens (including phenoxy) is 1. The quantitative estimate of drug-likeness (QED) is 0.841. The van der Waals surface area contributed by atoms with Crippen LogP contribution in [0, 0.1) is 5.92 Å². The number of esters is 1. The van der Waals surface area contributed by atoms with Gasteiger partial charge in [-0.25, -0.2) is 0 Å². The molecule has 0 saturated carbocycles. The first-order chi connectivity index (χ1) is 9.77. The number of halogens is 3. The molecular weight excluding hydrogens is 287 g/mol. The number of phenolic OH excluding ortho intramolecular Hbond substituents is 1. The molecule has 1 fully saturated rings. The smallest absolute Gasteiger partial charge is 0.393 e. The van der Waals surface area contributed by atoms with Gasteiger partial charge in [0, 0.05) is 6.54 Å². The van der Waals surface area contributed by atoms with Gasteiger partial charge >= 0.3 is 12.1 Å². The molecule has 7 heteroatoms. The number of phenols is 1. The lowest BCUT2D eigenvalue weighted by Crippen LogP contribution is -2.39. The lowest BCUT2D eigenvalue weighted by atomic mass is 9.82. The zero-order chi connectivity index (χ0) is 15.7. The molecule has 1 aromatic carbocycles. The fourth-order valence-corrected chi connectivity index (χ4v) is 2.67. The Morgan fingerprint density at radius 2 is 2.05 bits per heavy atom. The number of benzene rings is 1. The predicted molar refractivity (Wildman–Crippen MR) is 68.6 cm³/mol. The van der Waals surface area contributed by atoms with Crippen molar-refractivity contribution in [1.82, 2.24) is 5.32 Å². The van der Waals surface area contributed by atoms with E-state index in [-0.39, 0.29) is 25.1 Å². The molecule has 2 N–H and O–H groups in total. The van der Waals surface area contributed by atoms with Crippen LogP contribution in [0.4, 0.5) is 13.2 Å². The van der Waals surface area contributed by atoms with Crippen LogP contribution in [-0.4, -0.2) is 30.9 Å². The average Bonchev–Trinajstić information content (AvgIpc) is 2.84. The van der Waals surface area contributed by atoms with Gasteiger partial charge in [0.1, 0.15) is 5.75 Å². The van der Waals surface area contributed by atoms with E-state index < -0.39 is 23.6 Å². The lowest BCUT2D eigenvalue weighted by Gasteiger charge is -2.29. The Hall–Kier alpha value is -1.76. The minimum absolute atomic E-state index is 0.0114. The molecule has 0 bridgehead atoms. The molecule has 0 aliphatic carbocycles. The van der Waals surface area contributed by atoms with Gasteiger partial charge in [-0.2, -0.15) is 13.2 Å². The third-order valence-electron chi connectivity index (χ3n) is 3.84. The van der Waals surface area contributed by atoms with Gasteiger partial charge < -0.3 is 15.2 Å². The number of nitrogens with one attached hydrogen (secondary N) is 1. The number of hydrogen-bond donors (Lipinski definition) is 2. The molecule has 21 heavy (non-hydrogen) atoms.